The van der Waals surface area contributed by atoms with Gasteiger partial charge in [0.1, 0.15) is 35.9 Å². The molecule has 0 spiro atoms. The molecule has 2 aromatic carbocycles. The van der Waals surface area contributed by atoms with E-state index in [0.29, 0.717) is 17.3 Å². The lowest BCUT2D eigenvalue weighted by Crippen LogP contribution is -2.29. The Morgan fingerprint density at radius 1 is 1.15 bits per heavy atom. The van der Waals surface area contributed by atoms with Gasteiger partial charge in [0.2, 0.25) is 0 Å². The highest BCUT2D eigenvalue weighted by molar-refractivity contribution is 7.85. The lowest BCUT2D eigenvalue weighted by Gasteiger charge is -2.16. The van der Waals surface area contributed by atoms with Crippen LogP contribution < -0.4 is 4.74 Å². The van der Waals surface area contributed by atoms with Crippen molar-refractivity contribution in [2.24, 2.45) is 0 Å². The number of aromatic nitrogens is 2. The van der Waals surface area contributed by atoms with E-state index < -0.39 is 35.2 Å². The SMILES string of the molecule is C[C@H](O)c1nccn1[C@@H](C#Cc1ccc(-c2ccc(O[C@H]3CS(=O)C[C@@H]3O)cc2)cc1)CO. The summed E-state index contributed by atoms with van der Waals surface area (Å²) in [5, 5.41) is 29.5. The van der Waals surface area contributed by atoms with E-state index in [0.717, 1.165) is 16.7 Å². The molecule has 0 saturated carbocycles. The third-order valence-electron chi connectivity index (χ3n) is 5.46. The summed E-state index contributed by atoms with van der Waals surface area (Å²) in [7, 11) is -1.03. The summed E-state index contributed by atoms with van der Waals surface area (Å²) in [6, 6.07) is 14.8. The first-order chi connectivity index (χ1) is 15.9. The van der Waals surface area contributed by atoms with Crippen molar-refractivity contribution in [2.75, 3.05) is 18.1 Å². The summed E-state index contributed by atoms with van der Waals surface area (Å²) in [6.45, 7) is 1.43. The van der Waals surface area contributed by atoms with E-state index in [1.165, 1.54) is 0 Å². The molecule has 2 heterocycles. The van der Waals surface area contributed by atoms with Crippen LogP contribution in [0, 0.1) is 11.8 Å². The molecule has 0 aliphatic carbocycles. The molecule has 1 saturated heterocycles. The number of imidazole rings is 1. The van der Waals surface area contributed by atoms with Gasteiger partial charge in [-0.1, -0.05) is 36.1 Å². The Bertz CT molecular complexity index is 1160. The molecule has 4 rings (SSSR count). The molecule has 33 heavy (non-hydrogen) atoms. The van der Waals surface area contributed by atoms with Crippen molar-refractivity contribution in [2.45, 2.75) is 31.3 Å². The topological polar surface area (TPSA) is 105 Å². The van der Waals surface area contributed by atoms with Crippen LogP contribution in [-0.4, -0.2) is 59.4 Å². The van der Waals surface area contributed by atoms with Crippen LogP contribution in [-0.2, 0) is 10.8 Å². The fourth-order valence-electron chi connectivity index (χ4n) is 3.70. The minimum Gasteiger partial charge on any atom is -0.487 e. The molecular weight excluding hydrogens is 440 g/mol. The largest absolute Gasteiger partial charge is 0.487 e. The predicted octanol–water partition coefficient (Wildman–Crippen LogP) is 2.06. The number of benzene rings is 2. The molecule has 3 aromatic rings. The van der Waals surface area contributed by atoms with Gasteiger partial charge in [0, 0.05) is 28.8 Å². The monoisotopic (exact) mass is 466 g/mol. The van der Waals surface area contributed by atoms with Crippen molar-refractivity contribution in [1.82, 2.24) is 9.55 Å². The average molecular weight is 467 g/mol. The van der Waals surface area contributed by atoms with Crippen LogP contribution in [0.15, 0.2) is 60.9 Å². The highest BCUT2D eigenvalue weighted by Crippen LogP contribution is 2.25. The molecule has 0 bridgehead atoms. The normalized spacial score (nSPS) is 21.8. The Kier molecular flexibility index (Phi) is 7.26. The van der Waals surface area contributed by atoms with Crippen LogP contribution in [0.1, 0.15) is 30.5 Å². The summed E-state index contributed by atoms with van der Waals surface area (Å²) in [5.74, 6) is 7.83. The summed E-state index contributed by atoms with van der Waals surface area (Å²) >= 11 is 0. The molecule has 1 aliphatic heterocycles. The molecule has 1 aliphatic rings. The lowest BCUT2D eigenvalue weighted by atomic mass is 10.0. The maximum atomic E-state index is 11.6. The molecule has 5 atom stereocenters. The number of aliphatic hydroxyl groups excluding tert-OH is 3. The zero-order valence-corrected chi connectivity index (χ0v) is 19.0. The fraction of sp³-hybridized carbons (Fsp3) is 0.320. The number of hydrogen-bond acceptors (Lipinski definition) is 6. The van der Waals surface area contributed by atoms with Crippen molar-refractivity contribution in [3.63, 3.8) is 0 Å². The number of rotatable bonds is 6. The molecule has 8 heteroatoms. The third-order valence-corrected chi connectivity index (χ3v) is 6.87. The molecule has 1 aromatic heterocycles. The van der Waals surface area contributed by atoms with Gasteiger partial charge >= 0.3 is 0 Å². The van der Waals surface area contributed by atoms with Gasteiger partial charge in [0.15, 0.2) is 0 Å². The Hall–Kier alpha value is -2.96. The summed E-state index contributed by atoms with van der Waals surface area (Å²) in [6.07, 6.45) is 1.39. The first-order valence-electron chi connectivity index (χ1n) is 10.7. The van der Waals surface area contributed by atoms with E-state index in [-0.39, 0.29) is 12.4 Å². The number of aliphatic hydroxyl groups is 3. The van der Waals surface area contributed by atoms with Gasteiger partial charge in [-0.2, -0.15) is 0 Å². The van der Waals surface area contributed by atoms with Crippen LogP contribution in [0.2, 0.25) is 0 Å². The smallest absolute Gasteiger partial charge is 0.138 e. The zero-order valence-electron chi connectivity index (χ0n) is 18.2. The summed E-state index contributed by atoms with van der Waals surface area (Å²) in [4.78, 5) is 4.13. The molecule has 1 unspecified atom stereocenters. The Morgan fingerprint density at radius 2 is 1.82 bits per heavy atom. The van der Waals surface area contributed by atoms with Crippen molar-refractivity contribution < 1.29 is 24.3 Å². The molecule has 0 radical (unpaired) electrons. The number of ether oxygens (including phenoxy) is 1. The van der Waals surface area contributed by atoms with Crippen molar-refractivity contribution in [3.05, 3.63) is 72.3 Å². The second-order valence-electron chi connectivity index (χ2n) is 7.93. The van der Waals surface area contributed by atoms with Crippen LogP contribution >= 0.6 is 0 Å². The molecule has 172 valence electrons. The predicted molar refractivity (Wildman–Crippen MR) is 126 cm³/mol. The molecule has 1 fully saturated rings. The van der Waals surface area contributed by atoms with E-state index in [1.54, 1.807) is 23.9 Å². The van der Waals surface area contributed by atoms with Gasteiger partial charge in [-0.15, -0.1) is 0 Å². The summed E-state index contributed by atoms with van der Waals surface area (Å²) < 4.78 is 19.0. The van der Waals surface area contributed by atoms with Crippen molar-refractivity contribution >= 4 is 10.8 Å². The van der Waals surface area contributed by atoms with E-state index in [4.69, 9.17) is 4.74 Å². The Balaban J connectivity index is 1.43. The lowest BCUT2D eigenvalue weighted by molar-refractivity contribution is 0.0738. The highest BCUT2D eigenvalue weighted by Gasteiger charge is 2.32. The van der Waals surface area contributed by atoms with Crippen molar-refractivity contribution in [3.8, 4) is 28.7 Å². The van der Waals surface area contributed by atoms with Gasteiger partial charge in [0.25, 0.3) is 0 Å². The van der Waals surface area contributed by atoms with E-state index in [1.807, 2.05) is 48.5 Å². The second-order valence-corrected chi connectivity index (χ2v) is 9.48. The van der Waals surface area contributed by atoms with Crippen molar-refractivity contribution in [1.29, 1.82) is 0 Å². The molecule has 7 nitrogen and oxygen atoms in total. The van der Waals surface area contributed by atoms with Gasteiger partial charge in [-0.05, 0) is 42.3 Å². The van der Waals surface area contributed by atoms with Gasteiger partial charge in [0.05, 0.1) is 18.1 Å². The van der Waals surface area contributed by atoms with Gasteiger partial charge in [-0.25, -0.2) is 4.98 Å². The van der Waals surface area contributed by atoms with E-state index in [2.05, 4.69) is 16.8 Å². The van der Waals surface area contributed by atoms with Crippen LogP contribution in [0.3, 0.4) is 0 Å². The minimum absolute atomic E-state index is 0.191. The Morgan fingerprint density at radius 3 is 2.39 bits per heavy atom. The first kappa shape index (κ1) is 23.2. The number of hydrogen-bond donors (Lipinski definition) is 3. The maximum Gasteiger partial charge on any atom is 0.138 e. The van der Waals surface area contributed by atoms with Crippen LogP contribution in [0.5, 0.6) is 5.75 Å². The fourth-order valence-corrected chi connectivity index (χ4v) is 5.09. The van der Waals surface area contributed by atoms with Gasteiger partial charge < -0.3 is 24.6 Å². The summed E-state index contributed by atoms with van der Waals surface area (Å²) in [5.41, 5.74) is 2.82. The maximum absolute atomic E-state index is 11.6. The van der Waals surface area contributed by atoms with Gasteiger partial charge in [-0.3, -0.25) is 4.21 Å². The quantitative estimate of drug-likeness (QED) is 0.481. The average Bonchev–Trinajstić information content (AvgIpc) is 3.42. The second kappa shape index (κ2) is 10.3. The molecule has 3 N–H and O–H groups in total. The van der Waals surface area contributed by atoms with E-state index in [9.17, 15) is 19.5 Å². The minimum atomic E-state index is -1.03. The number of nitrogens with zero attached hydrogens (tertiary/aromatic N) is 2. The first-order valence-corrected chi connectivity index (χ1v) is 12.2. The van der Waals surface area contributed by atoms with Crippen LogP contribution in [0.25, 0.3) is 11.1 Å². The third kappa shape index (κ3) is 5.52. The molecule has 0 amide bonds. The van der Waals surface area contributed by atoms with E-state index >= 15 is 0 Å². The zero-order chi connectivity index (χ0) is 23.4. The highest BCUT2D eigenvalue weighted by atomic mass is 32.2. The Labute approximate surface area is 195 Å². The van der Waals surface area contributed by atoms with Crippen LogP contribution in [0.4, 0.5) is 0 Å². The molecular formula is C25H26N2O5S. The standard InChI is InChI=1S/C25H26N2O5S/c1-17(29)25-26-12-13-27(25)21(14-28)9-4-18-2-5-19(6-3-18)20-7-10-22(11-8-20)32-24-16-33(31)15-23(24)30/h2-3,5-8,10-13,17,21,23-24,28-30H,14-16H2,1H3/t17-,21-,23-,24-,33?/m0/s1.